The van der Waals surface area contributed by atoms with E-state index < -0.39 is 6.10 Å². The van der Waals surface area contributed by atoms with Crippen molar-refractivity contribution in [2.45, 2.75) is 6.10 Å². The average molecular weight is 322 g/mol. The minimum Gasteiger partial charge on any atom is -0.490 e. The Morgan fingerprint density at radius 1 is 1.50 bits per heavy atom. The molecule has 1 rings (SSSR count). The molecule has 0 aliphatic rings. The van der Waals surface area contributed by atoms with Gasteiger partial charge in [0.1, 0.15) is 24.3 Å². The van der Waals surface area contributed by atoms with Gasteiger partial charge in [-0.2, -0.15) is 0 Å². The Hall–Kier alpha value is -0.690. The van der Waals surface area contributed by atoms with E-state index >= 15 is 0 Å². The van der Waals surface area contributed by atoms with E-state index in [9.17, 15) is 9.50 Å². The van der Waals surface area contributed by atoms with Crippen molar-refractivity contribution < 1.29 is 19.0 Å². The molecule has 0 aliphatic heterocycles. The van der Waals surface area contributed by atoms with Gasteiger partial charge in [0.25, 0.3) is 0 Å². The summed E-state index contributed by atoms with van der Waals surface area (Å²) in [5, 5.41) is 12.6. The highest BCUT2D eigenvalue weighted by atomic mass is 79.9. The molecule has 18 heavy (non-hydrogen) atoms. The molecule has 0 heterocycles. The maximum Gasteiger partial charge on any atom is 0.136 e. The fraction of sp³-hybridized carbons (Fsp3) is 0.500. The van der Waals surface area contributed by atoms with Crippen molar-refractivity contribution in [2.75, 3.05) is 33.4 Å². The van der Waals surface area contributed by atoms with Crippen molar-refractivity contribution in [3.05, 3.63) is 28.5 Å². The number of aliphatic hydroxyl groups is 1. The standard InChI is InChI=1S/C12H17BrFNO3/c1-17-5-4-15-7-10(16)8-18-12-6-9(14)2-3-11(12)13/h2-3,6,10,15-16H,4-5,7-8H2,1H3. The van der Waals surface area contributed by atoms with Gasteiger partial charge in [0.2, 0.25) is 0 Å². The minimum atomic E-state index is -0.656. The van der Waals surface area contributed by atoms with E-state index in [0.717, 1.165) is 0 Å². The summed E-state index contributed by atoms with van der Waals surface area (Å²) in [4.78, 5) is 0. The predicted octanol–water partition coefficient (Wildman–Crippen LogP) is 1.56. The molecule has 102 valence electrons. The lowest BCUT2D eigenvalue weighted by Gasteiger charge is -2.14. The molecule has 0 bridgehead atoms. The zero-order valence-electron chi connectivity index (χ0n) is 10.2. The first-order valence-corrected chi connectivity index (χ1v) is 6.38. The summed E-state index contributed by atoms with van der Waals surface area (Å²) in [6.07, 6.45) is -0.656. The maximum absolute atomic E-state index is 13.0. The Kier molecular flexibility index (Phi) is 7.19. The highest BCUT2D eigenvalue weighted by Crippen LogP contribution is 2.25. The molecule has 1 aromatic carbocycles. The molecule has 0 saturated heterocycles. The number of rotatable bonds is 8. The Balaban J connectivity index is 2.29. The molecule has 0 aliphatic carbocycles. The first kappa shape index (κ1) is 15.4. The van der Waals surface area contributed by atoms with Gasteiger partial charge in [0.15, 0.2) is 0 Å². The van der Waals surface area contributed by atoms with Crippen LogP contribution in [0, 0.1) is 5.82 Å². The van der Waals surface area contributed by atoms with Crippen LogP contribution in [0.5, 0.6) is 5.75 Å². The van der Waals surface area contributed by atoms with Crippen LogP contribution in [0.15, 0.2) is 22.7 Å². The maximum atomic E-state index is 13.0. The number of hydrogen-bond acceptors (Lipinski definition) is 4. The van der Waals surface area contributed by atoms with E-state index in [4.69, 9.17) is 9.47 Å². The fourth-order valence-electron chi connectivity index (χ4n) is 1.28. The van der Waals surface area contributed by atoms with Gasteiger partial charge in [-0.05, 0) is 28.1 Å². The molecule has 0 amide bonds. The third-order valence-electron chi connectivity index (χ3n) is 2.19. The Morgan fingerprint density at radius 2 is 2.28 bits per heavy atom. The third-order valence-corrected chi connectivity index (χ3v) is 2.84. The number of aliphatic hydroxyl groups excluding tert-OH is 1. The normalized spacial score (nSPS) is 12.4. The molecule has 6 heteroatoms. The monoisotopic (exact) mass is 321 g/mol. The lowest BCUT2D eigenvalue weighted by Crippen LogP contribution is -2.33. The van der Waals surface area contributed by atoms with Crippen molar-refractivity contribution in [2.24, 2.45) is 0 Å². The minimum absolute atomic E-state index is 0.0992. The number of halogens is 2. The van der Waals surface area contributed by atoms with E-state index in [2.05, 4.69) is 21.2 Å². The first-order chi connectivity index (χ1) is 8.63. The molecular weight excluding hydrogens is 305 g/mol. The van der Waals surface area contributed by atoms with Gasteiger partial charge in [-0.3, -0.25) is 0 Å². The second-order valence-corrected chi connectivity index (χ2v) is 4.59. The highest BCUT2D eigenvalue weighted by molar-refractivity contribution is 9.10. The summed E-state index contributed by atoms with van der Waals surface area (Å²) >= 11 is 3.25. The Labute approximate surface area is 114 Å². The van der Waals surface area contributed by atoms with E-state index in [0.29, 0.717) is 29.9 Å². The van der Waals surface area contributed by atoms with Crippen LogP contribution in [0.1, 0.15) is 0 Å². The highest BCUT2D eigenvalue weighted by Gasteiger charge is 2.07. The van der Waals surface area contributed by atoms with Gasteiger partial charge in [-0.15, -0.1) is 0 Å². The third kappa shape index (κ3) is 5.77. The van der Waals surface area contributed by atoms with Gasteiger partial charge in [-0.1, -0.05) is 0 Å². The number of hydrogen-bond donors (Lipinski definition) is 2. The molecule has 0 fully saturated rings. The molecular formula is C12H17BrFNO3. The Morgan fingerprint density at radius 3 is 3.00 bits per heavy atom. The Bertz CT molecular complexity index is 365. The van der Waals surface area contributed by atoms with Crippen molar-refractivity contribution in [3.63, 3.8) is 0 Å². The molecule has 1 unspecified atom stereocenters. The predicted molar refractivity (Wildman–Crippen MR) is 70.3 cm³/mol. The van der Waals surface area contributed by atoms with Gasteiger partial charge in [-0.25, -0.2) is 4.39 Å². The van der Waals surface area contributed by atoms with Crippen molar-refractivity contribution >= 4 is 15.9 Å². The van der Waals surface area contributed by atoms with Crippen LogP contribution in [0.3, 0.4) is 0 Å². The summed E-state index contributed by atoms with van der Waals surface area (Å²) in [5.41, 5.74) is 0. The average Bonchev–Trinajstić information content (AvgIpc) is 2.36. The van der Waals surface area contributed by atoms with Crippen LogP contribution in [-0.2, 0) is 4.74 Å². The van der Waals surface area contributed by atoms with Gasteiger partial charge >= 0.3 is 0 Å². The zero-order chi connectivity index (χ0) is 13.4. The van der Waals surface area contributed by atoms with E-state index in [-0.39, 0.29) is 12.4 Å². The molecule has 1 aromatic rings. The second kappa shape index (κ2) is 8.42. The molecule has 0 aromatic heterocycles. The zero-order valence-corrected chi connectivity index (χ0v) is 11.7. The number of benzene rings is 1. The first-order valence-electron chi connectivity index (χ1n) is 5.59. The lowest BCUT2D eigenvalue weighted by atomic mass is 10.3. The summed E-state index contributed by atoms with van der Waals surface area (Å²) in [6.45, 7) is 1.75. The quantitative estimate of drug-likeness (QED) is 0.714. The SMILES string of the molecule is COCCNCC(O)COc1cc(F)ccc1Br. The van der Waals surface area contributed by atoms with E-state index in [1.54, 1.807) is 13.2 Å². The molecule has 0 spiro atoms. The number of nitrogens with one attached hydrogen (secondary N) is 1. The van der Waals surface area contributed by atoms with E-state index in [1.807, 2.05) is 0 Å². The summed E-state index contributed by atoms with van der Waals surface area (Å²) < 4.78 is 23.8. The van der Waals surface area contributed by atoms with Crippen LogP contribution in [0.4, 0.5) is 4.39 Å². The number of methoxy groups -OCH3 is 1. The molecule has 2 N–H and O–H groups in total. The van der Waals surface area contributed by atoms with Crippen LogP contribution < -0.4 is 10.1 Å². The second-order valence-electron chi connectivity index (χ2n) is 3.74. The summed E-state index contributed by atoms with van der Waals surface area (Å²) in [7, 11) is 1.61. The van der Waals surface area contributed by atoms with Crippen LogP contribution in [-0.4, -0.2) is 44.6 Å². The molecule has 1 atom stereocenters. The van der Waals surface area contributed by atoms with Crippen LogP contribution >= 0.6 is 15.9 Å². The molecule has 0 saturated carbocycles. The largest absolute Gasteiger partial charge is 0.490 e. The summed E-state index contributed by atoms with van der Waals surface area (Å²) in [6, 6.07) is 4.17. The lowest BCUT2D eigenvalue weighted by molar-refractivity contribution is 0.103. The summed E-state index contributed by atoms with van der Waals surface area (Å²) in [5.74, 6) is 0.00634. The van der Waals surface area contributed by atoms with Crippen LogP contribution in [0.2, 0.25) is 0 Å². The van der Waals surface area contributed by atoms with Crippen molar-refractivity contribution in [1.29, 1.82) is 0 Å². The topological polar surface area (TPSA) is 50.7 Å². The van der Waals surface area contributed by atoms with Gasteiger partial charge < -0.3 is 19.9 Å². The number of ether oxygens (including phenoxy) is 2. The van der Waals surface area contributed by atoms with Gasteiger partial charge in [0, 0.05) is 26.3 Å². The smallest absolute Gasteiger partial charge is 0.136 e. The molecule has 4 nitrogen and oxygen atoms in total. The van der Waals surface area contributed by atoms with Gasteiger partial charge in [0.05, 0.1) is 11.1 Å². The van der Waals surface area contributed by atoms with Crippen molar-refractivity contribution in [3.8, 4) is 5.75 Å². The fourth-order valence-corrected chi connectivity index (χ4v) is 1.64. The van der Waals surface area contributed by atoms with Crippen molar-refractivity contribution in [1.82, 2.24) is 5.32 Å². The molecule has 0 radical (unpaired) electrons. The van der Waals surface area contributed by atoms with Crippen LogP contribution in [0.25, 0.3) is 0 Å². The van der Waals surface area contributed by atoms with E-state index in [1.165, 1.54) is 12.1 Å².